The number of rotatable bonds is 6. The molecule has 0 aliphatic carbocycles. The Labute approximate surface area is 161 Å². The van der Waals surface area contributed by atoms with Crippen molar-refractivity contribution in [3.8, 4) is 0 Å². The predicted molar refractivity (Wildman–Crippen MR) is 102 cm³/mol. The van der Waals surface area contributed by atoms with Gasteiger partial charge in [-0.25, -0.2) is 21.6 Å². The molecule has 148 valence electrons. The lowest BCUT2D eigenvalue weighted by Gasteiger charge is -2.14. The second kappa shape index (κ2) is 7.36. The van der Waals surface area contributed by atoms with Gasteiger partial charge in [-0.1, -0.05) is 4.47 Å². The molecule has 28 heavy (non-hydrogen) atoms. The van der Waals surface area contributed by atoms with E-state index in [2.05, 4.69) is 9.56 Å². The lowest BCUT2D eigenvalue weighted by molar-refractivity contribution is -0.0258. The first-order valence-corrected chi connectivity index (χ1v) is 10.8. The molecule has 11 heteroatoms. The highest BCUT2D eigenvalue weighted by Crippen LogP contribution is 2.22. The topological polar surface area (TPSA) is 123 Å². The molecule has 0 aliphatic rings. The van der Waals surface area contributed by atoms with E-state index >= 15 is 0 Å². The molecule has 0 aliphatic heterocycles. The van der Waals surface area contributed by atoms with Crippen LogP contribution >= 0.6 is 0 Å². The van der Waals surface area contributed by atoms with Crippen LogP contribution in [-0.2, 0) is 24.9 Å². The van der Waals surface area contributed by atoms with E-state index in [1.165, 1.54) is 68.8 Å². The minimum Gasteiger partial charge on any atom is -0.423 e. The summed E-state index contributed by atoms with van der Waals surface area (Å²) in [6, 6.07) is 11.9. The third-order valence-electron chi connectivity index (χ3n) is 3.90. The van der Waals surface area contributed by atoms with E-state index in [4.69, 9.17) is 4.42 Å². The maximum Gasteiger partial charge on any atom is 0.336 e. The van der Waals surface area contributed by atoms with E-state index in [0.717, 1.165) is 0 Å². The van der Waals surface area contributed by atoms with E-state index in [9.17, 15) is 21.6 Å². The van der Waals surface area contributed by atoms with Gasteiger partial charge in [0.2, 0.25) is 0 Å². The first kappa shape index (κ1) is 20.0. The SMILES string of the molecule is CON(C)S(=O)(=O)c1ccc(NS(=O)(=O)c2ccc3oc(=O)ccc3c2)cc1. The van der Waals surface area contributed by atoms with Crippen LogP contribution in [0.3, 0.4) is 0 Å². The minimum absolute atomic E-state index is 0.0373. The number of hydrogen-bond donors (Lipinski definition) is 1. The van der Waals surface area contributed by atoms with Crippen LogP contribution in [0.5, 0.6) is 0 Å². The van der Waals surface area contributed by atoms with Gasteiger partial charge in [-0.05, 0) is 48.5 Å². The number of fused-ring (bicyclic) bond motifs is 1. The molecule has 0 atom stereocenters. The highest BCUT2D eigenvalue weighted by Gasteiger charge is 2.21. The van der Waals surface area contributed by atoms with Crippen molar-refractivity contribution < 1.29 is 26.1 Å². The normalized spacial score (nSPS) is 12.4. The number of sulfonamides is 2. The fraction of sp³-hybridized carbons (Fsp3) is 0.118. The number of nitrogens with zero attached hydrogens (tertiary/aromatic N) is 1. The van der Waals surface area contributed by atoms with Gasteiger partial charge in [0.1, 0.15) is 5.58 Å². The van der Waals surface area contributed by atoms with Crippen molar-refractivity contribution in [3.63, 3.8) is 0 Å². The van der Waals surface area contributed by atoms with Gasteiger partial charge in [0.05, 0.1) is 16.9 Å². The van der Waals surface area contributed by atoms with Crippen molar-refractivity contribution in [1.82, 2.24) is 4.47 Å². The first-order chi connectivity index (χ1) is 13.1. The fourth-order valence-electron chi connectivity index (χ4n) is 2.37. The maximum absolute atomic E-state index is 12.6. The van der Waals surface area contributed by atoms with Crippen molar-refractivity contribution in [2.24, 2.45) is 0 Å². The Morgan fingerprint density at radius 2 is 1.57 bits per heavy atom. The average molecular weight is 424 g/mol. The van der Waals surface area contributed by atoms with Gasteiger partial charge < -0.3 is 4.42 Å². The van der Waals surface area contributed by atoms with Crippen molar-refractivity contribution >= 4 is 36.7 Å². The molecule has 1 N–H and O–H groups in total. The second-order valence-corrected chi connectivity index (χ2v) is 9.30. The summed E-state index contributed by atoms with van der Waals surface area (Å²) in [7, 11) is -5.31. The van der Waals surface area contributed by atoms with Crippen LogP contribution in [0.2, 0.25) is 0 Å². The summed E-state index contributed by atoms with van der Waals surface area (Å²) in [6.45, 7) is 0. The zero-order chi connectivity index (χ0) is 20.5. The molecule has 0 saturated carbocycles. The molecule has 9 nitrogen and oxygen atoms in total. The predicted octanol–water partition coefficient (Wildman–Crippen LogP) is 1.78. The quantitative estimate of drug-likeness (QED) is 0.472. The highest BCUT2D eigenvalue weighted by atomic mass is 32.2. The Hall–Kier alpha value is -2.73. The lowest BCUT2D eigenvalue weighted by Crippen LogP contribution is -2.25. The number of benzene rings is 2. The van der Waals surface area contributed by atoms with Crippen molar-refractivity contribution in [2.75, 3.05) is 18.9 Å². The molecule has 1 heterocycles. The van der Waals surface area contributed by atoms with Crippen LogP contribution in [-0.4, -0.2) is 35.5 Å². The first-order valence-electron chi connectivity index (χ1n) is 7.83. The number of hydrogen-bond acceptors (Lipinski definition) is 7. The smallest absolute Gasteiger partial charge is 0.336 e. The van der Waals surface area contributed by atoms with Gasteiger partial charge >= 0.3 is 5.63 Å². The van der Waals surface area contributed by atoms with Gasteiger partial charge in [0, 0.05) is 24.2 Å². The highest BCUT2D eigenvalue weighted by molar-refractivity contribution is 7.92. The van der Waals surface area contributed by atoms with Crippen LogP contribution < -0.4 is 10.3 Å². The van der Waals surface area contributed by atoms with Gasteiger partial charge in [-0.2, -0.15) is 0 Å². The Morgan fingerprint density at radius 1 is 0.929 bits per heavy atom. The lowest BCUT2D eigenvalue weighted by atomic mass is 10.2. The van der Waals surface area contributed by atoms with Crippen molar-refractivity contribution in [2.45, 2.75) is 9.79 Å². The molecule has 0 amide bonds. The summed E-state index contributed by atoms with van der Waals surface area (Å²) < 4.78 is 57.6. The molecule has 0 fully saturated rings. The van der Waals surface area contributed by atoms with Gasteiger partial charge in [0.25, 0.3) is 20.0 Å². The summed E-state index contributed by atoms with van der Waals surface area (Å²) >= 11 is 0. The molecule has 1 aromatic heterocycles. The van der Waals surface area contributed by atoms with E-state index in [0.29, 0.717) is 9.85 Å². The fourth-order valence-corrected chi connectivity index (χ4v) is 4.44. The minimum atomic E-state index is -3.94. The summed E-state index contributed by atoms with van der Waals surface area (Å²) in [5.41, 5.74) is -0.0858. The molecular formula is C17H16N2O7S2. The van der Waals surface area contributed by atoms with Gasteiger partial charge in [0.15, 0.2) is 0 Å². The van der Waals surface area contributed by atoms with E-state index in [1.807, 2.05) is 0 Å². The van der Waals surface area contributed by atoms with Crippen molar-refractivity contribution in [3.05, 3.63) is 65.0 Å². The summed E-state index contributed by atoms with van der Waals surface area (Å²) in [5, 5.41) is 0.450. The summed E-state index contributed by atoms with van der Waals surface area (Å²) in [4.78, 5) is 15.8. The van der Waals surface area contributed by atoms with E-state index in [-0.39, 0.29) is 21.1 Å². The molecule has 0 spiro atoms. The molecule has 3 rings (SSSR count). The van der Waals surface area contributed by atoms with Crippen LogP contribution in [0.1, 0.15) is 0 Å². The van der Waals surface area contributed by atoms with Crippen LogP contribution in [0.25, 0.3) is 11.0 Å². The van der Waals surface area contributed by atoms with Crippen LogP contribution in [0.15, 0.2) is 73.6 Å². The zero-order valence-electron chi connectivity index (χ0n) is 14.8. The summed E-state index contributed by atoms with van der Waals surface area (Å²) in [6.07, 6.45) is 0. The largest absolute Gasteiger partial charge is 0.423 e. The molecule has 0 saturated heterocycles. The van der Waals surface area contributed by atoms with Gasteiger partial charge in [-0.15, -0.1) is 0 Å². The molecular weight excluding hydrogens is 408 g/mol. The second-order valence-electron chi connectivity index (χ2n) is 5.68. The molecule has 0 radical (unpaired) electrons. The zero-order valence-corrected chi connectivity index (χ0v) is 16.5. The average Bonchev–Trinajstić information content (AvgIpc) is 2.66. The molecule has 0 unspecified atom stereocenters. The molecule has 2 aromatic carbocycles. The Morgan fingerprint density at radius 3 is 2.21 bits per heavy atom. The number of anilines is 1. The number of hydroxylamine groups is 1. The van der Waals surface area contributed by atoms with Gasteiger partial charge in [-0.3, -0.25) is 9.56 Å². The summed E-state index contributed by atoms with van der Waals surface area (Å²) in [5.74, 6) is 0. The Bertz CT molecular complexity index is 1280. The molecule has 3 aromatic rings. The van der Waals surface area contributed by atoms with E-state index in [1.54, 1.807) is 0 Å². The molecule has 0 bridgehead atoms. The van der Waals surface area contributed by atoms with Crippen molar-refractivity contribution in [1.29, 1.82) is 0 Å². The van der Waals surface area contributed by atoms with E-state index < -0.39 is 25.7 Å². The van der Waals surface area contributed by atoms with Crippen LogP contribution in [0.4, 0.5) is 5.69 Å². The standard InChI is InChI=1S/C17H16N2O7S2/c1-19(25-2)28(23,24)14-6-4-13(5-7-14)18-27(21,22)15-8-9-16-12(11-15)3-10-17(20)26-16/h3-11,18H,1-2H3. The monoisotopic (exact) mass is 424 g/mol. The maximum atomic E-state index is 12.6. The third-order valence-corrected chi connectivity index (χ3v) is 6.97. The third kappa shape index (κ3) is 3.92. The number of nitrogens with one attached hydrogen (secondary N) is 1. The van der Waals surface area contributed by atoms with Crippen LogP contribution in [0, 0.1) is 0 Å². The Balaban J connectivity index is 1.88. The Kier molecular flexibility index (Phi) is 5.26.